The van der Waals surface area contributed by atoms with E-state index in [0.717, 1.165) is 37.1 Å². The topological polar surface area (TPSA) is 147 Å². The standard InChI is InChI=1S/C36H47FN4O8S/c1-24-21-41(25(2)23-42)35(43)32-20-29(39-50(45,46)31-16-9-27(37)10-17-31)13-18-33(32)49-26(3)8-6-7-19-48-34(24)22-40(4)36(44)38-28-11-14-30(47-5)15-12-28/h9-18,20,24-26,34,39,42H,6-8,19,21-23H2,1-5H3,(H,38,44)/t24-,25-,26+,34+/m0/s1. The summed E-state index contributed by atoms with van der Waals surface area (Å²) < 4.78 is 59.9. The van der Waals surface area contributed by atoms with E-state index in [0.29, 0.717) is 24.5 Å². The summed E-state index contributed by atoms with van der Waals surface area (Å²) in [5, 5.41) is 13.1. The molecule has 272 valence electrons. The molecular formula is C36H47FN4O8S. The molecule has 0 spiro atoms. The number of carbonyl (C=O) groups is 2. The summed E-state index contributed by atoms with van der Waals surface area (Å²) in [5.74, 6) is -0.411. The molecule has 3 aromatic rings. The minimum Gasteiger partial charge on any atom is -0.497 e. The Kier molecular flexibility index (Phi) is 13.4. The Morgan fingerprint density at radius 3 is 2.42 bits per heavy atom. The van der Waals surface area contributed by atoms with Gasteiger partial charge < -0.3 is 34.4 Å². The predicted octanol–water partition coefficient (Wildman–Crippen LogP) is 5.59. The Labute approximate surface area is 293 Å². The number of nitrogens with zero attached hydrogens (tertiary/aromatic N) is 2. The second-order valence-electron chi connectivity index (χ2n) is 12.6. The molecule has 3 amide bonds. The van der Waals surface area contributed by atoms with Crippen molar-refractivity contribution in [2.45, 2.75) is 63.2 Å². The van der Waals surface area contributed by atoms with E-state index in [9.17, 15) is 27.5 Å². The van der Waals surface area contributed by atoms with E-state index in [2.05, 4.69) is 10.0 Å². The average molecular weight is 715 g/mol. The third-order valence-corrected chi connectivity index (χ3v) is 9.97. The minimum atomic E-state index is -4.11. The van der Waals surface area contributed by atoms with Crippen molar-refractivity contribution < 1.29 is 41.7 Å². The molecule has 14 heteroatoms. The van der Waals surface area contributed by atoms with Crippen molar-refractivity contribution in [2.75, 3.05) is 50.5 Å². The third kappa shape index (κ3) is 10.3. The Morgan fingerprint density at radius 1 is 1.08 bits per heavy atom. The summed E-state index contributed by atoms with van der Waals surface area (Å²) in [4.78, 5) is 30.4. The number of carbonyl (C=O) groups excluding carboxylic acids is 2. The molecule has 12 nitrogen and oxygen atoms in total. The van der Waals surface area contributed by atoms with Gasteiger partial charge >= 0.3 is 6.03 Å². The molecule has 0 aliphatic carbocycles. The number of hydrogen-bond donors (Lipinski definition) is 3. The van der Waals surface area contributed by atoms with Gasteiger partial charge in [0.1, 0.15) is 17.3 Å². The number of urea groups is 1. The van der Waals surface area contributed by atoms with Crippen molar-refractivity contribution in [3.8, 4) is 11.5 Å². The van der Waals surface area contributed by atoms with Crippen LogP contribution in [-0.4, -0.2) is 94.0 Å². The highest BCUT2D eigenvalue weighted by Crippen LogP contribution is 2.30. The van der Waals surface area contributed by atoms with E-state index in [1.807, 2.05) is 13.8 Å². The molecule has 1 aliphatic rings. The van der Waals surface area contributed by atoms with Crippen LogP contribution in [0.15, 0.2) is 71.6 Å². The predicted molar refractivity (Wildman–Crippen MR) is 189 cm³/mol. The number of ether oxygens (including phenoxy) is 3. The lowest BCUT2D eigenvalue weighted by atomic mass is 10.0. The van der Waals surface area contributed by atoms with Crippen molar-refractivity contribution in [1.82, 2.24) is 9.80 Å². The lowest BCUT2D eigenvalue weighted by Gasteiger charge is -2.35. The Morgan fingerprint density at radius 2 is 1.76 bits per heavy atom. The van der Waals surface area contributed by atoms with Crippen LogP contribution in [0.3, 0.4) is 0 Å². The highest BCUT2D eigenvalue weighted by molar-refractivity contribution is 7.92. The number of hydrogen-bond acceptors (Lipinski definition) is 8. The van der Waals surface area contributed by atoms with Crippen LogP contribution in [0.1, 0.15) is 50.4 Å². The third-order valence-electron chi connectivity index (χ3n) is 8.57. The van der Waals surface area contributed by atoms with Gasteiger partial charge in [0.25, 0.3) is 15.9 Å². The molecule has 0 saturated heterocycles. The van der Waals surface area contributed by atoms with Crippen LogP contribution in [0.2, 0.25) is 0 Å². The van der Waals surface area contributed by atoms with Crippen molar-refractivity contribution in [3.63, 3.8) is 0 Å². The van der Waals surface area contributed by atoms with Gasteiger partial charge in [0.2, 0.25) is 0 Å². The first kappa shape index (κ1) is 38.4. The smallest absolute Gasteiger partial charge is 0.321 e. The van der Waals surface area contributed by atoms with Crippen LogP contribution in [0, 0.1) is 11.7 Å². The number of amides is 3. The second kappa shape index (κ2) is 17.5. The van der Waals surface area contributed by atoms with Gasteiger partial charge in [-0.1, -0.05) is 6.92 Å². The number of aliphatic hydroxyl groups excluding tert-OH is 1. The number of rotatable bonds is 9. The molecule has 4 rings (SSSR count). The lowest BCUT2D eigenvalue weighted by Crippen LogP contribution is -2.48. The van der Waals surface area contributed by atoms with E-state index in [-0.39, 0.29) is 59.6 Å². The maximum absolute atomic E-state index is 14.4. The summed E-state index contributed by atoms with van der Waals surface area (Å²) in [5.41, 5.74) is 0.814. The SMILES string of the molecule is COc1ccc(NC(=O)N(C)C[C@H]2OCCCC[C@@H](C)Oc3ccc(NS(=O)(=O)c4ccc(F)cc4)cc3C(=O)N([C@@H](C)CO)C[C@@H]2C)cc1. The maximum atomic E-state index is 14.4. The highest BCUT2D eigenvalue weighted by atomic mass is 32.2. The molecule has 50 heavy (non-hydrogen) atoms. The summed E-state index contributed by atoms with van der Waals surface area (Å²) in [6.07, 6.45) is 1.44. The van der Waals surface area contributed by atoms with Crippen LogP contribution in [0.4, 0.5) is 20.6 Å². The number of aliphatic hydroxyl groups is 1. The van der Waals surface area contributed by atoms with E-state index in [4.69, 9.17) is 14.2 Å². The Balaban J connectivity index is 1.61. The van der Waals surface area contributed by atoms with Crippen molar-refractivity contribution in [1.29, 1.82) is 0 Å². The summed E-state index contributed by atoms with van der Waals surface area (Å²) in [7, 11) is -0.872. The Hall–Kier alpha value is -4.40. The quantitative estimate of drug-likeness (QED) is 0.260. The summed E-state index contributed by atoms with van der Waals surface area (Å²) in [6, 6.07) is 14.9. The van der Waals surface area contributed by atoms with Gasteiger partial charge in [-0.05, 0) is 99.8 Å². The van der Waals surface area contributed by atoms with E-state index < -0.39 is 33.9 Å². The summed E-state index contributed by atoms with van der Waals surface area (Å²) in [6.45, 7) is 6.00. The fraction of sp³-hybridized carbons (Fsp3) is 0.444. The number of fused-ring (bicyclic) bond motifs is 1. The van der Waals surface area contributed by atoms with Crippen LogP contribution >= 0.6 is 0 Å². The first-order chi connectivity index (χ1) is 23.8. The number of methoxy groups -OCH3 is 1. The Bertz CT molecular complexity index is 1690. The molecule has 0 fully saturated rings. The molecule has 0 saturated carbocycles. The molecule has 0 radical (unpaired) electrons. The first-order valence-electron chi connectivity index (χ1n) is 16.6. The van der Waals surface area contributed by atoms with Crippen molar-refractivity contribution in [2.24, 2.45) is 5.92 Å². The fourth-order valence-corrected chi connectivity index (χ4v) is 6.57. The molecule has 0 aromatic heterocycles. The number of benzene rings is 3. The zero-order valence-electron chi connectivity index (χ0n) is 29.1. The van der Waals surface area contributed by atoms with Crippen molar-refractivity contribution >= 4 is 33.3 Å². The molecule has 4 atom stereocenters. The zero-order valence-corrected chi connectivity index (χ0v) is 29.9. The van der Waals surface area contributed by atoms with E-state index in [1.165, 1.54) is 21.9 Å². The maximum Gasteiger partial charge on any atom is 0.321 e. The first-order valence-corrected chi connectivity index (χ1v) is 18.1. The van der Waals surface area contributed by atoms with Gasteiger partial charge in [-0.15, -0.1) is 0 Å². The van der Waals surface area contributed by atoms with Gasteiger partial charge in [0, 0.05) is 44.0 Å². The van der Waals surface area contributed by atoms with Gasteiger partial charge in [-0.25, -0.2) is 17.6 Å². The summed E-state index contributed by atoms with van der Waals surface area (Å²) >= 11 is 0. The van der Waals surface area contributed by atoms with E-state index in [1.54, 1.807) is 51.4 Å². The highest BCUT2D eigenvalue weighted by Gasteiger charge is 2.31. The average Bonchev–Trinajstić information content (AvgIpc) is 3.09. The van der Waals surface area contributed by atoms with Gasteiger partial charge in [-0.2, -0.15) is 0 Å². The number of nitrogens with one attached hydrogen (secondary N) is 2. The number of halogens is 1. The number of likely N-dealkylation sites (N-methyl/N-ethyl adjacent to an activating group) is 1. The molecule has 0 unspecified atom stereocenters. The number of sulfonamides is 1. The molecule has 3 aromatic carbocycles. The fourth-order valence-electron chi connectivity index (χ4n) is 5.52. The van der Waals surface area contributed by atoms with E-state index >= 15 is 0 Å². The number of anilines is 2. The molecule has 1 heterocycles. The van der Waals surface area contributed by atoms with Crippen LogP contribution in [0.25, 0.3) is 0 Å². The second-order valence-corrected chi connectivity index (χ2v) is 14.3. The van der Waals surface area contributed by atoms with Crippen LogP contribution < -0.4 is 19.5 Å². The van der Waals surface area contributed by atoms with Crippen molar-refractivity contribution in [3.05, 3.63) is 78.1 Å². The van der Waals surface area contributed by atoms with Crippen LogP contribution in [-0.2, 0) is 14.8 Å². The molecule has 1 aliphatic heterocycles. The van der Waals surface area contributed by atoms with Gasteiger partial charge in [0.05, 0.1) is 42.4 Å². The molecule has 0 bridgehead atoms. The largest absolute Gasteiger partial charge is 0.497 e. The molecular weight excluding hydrogens is 667 g/mol. The van der Waals surface area contributed by atoms with Gasteiger partial charge in [-0.3, -0.25) is 9.52 Å². The van der Waals surface area contributed by atoms with Crippen LogP contribution in [0.5, 0.6) is 11.5 Å². The monoisotopic (exact) mass is 714 g/mol. The normalized spacial score (nSPS) is 19.7. The molecule has 3 N–H and O–H groups in total. The lowest BCUT2D eigenvalue weighted by molar-refractivity contribution is -0.0115. The minimum absolute atomic E-state index is 0.106. The zero-order chi connectivity index (χ0) is 36.4. The van der Waals surface area contributed by atoms with Gasteiger partial charge in [0.15, 0.2) is 0 Å².